The standard InChI is InChI=1S/C22H30N2O4S/c1-16-8-9-17(2)21(15-16)24(29(5,26)27)18(3)22(25)23-14-6-7-19-10-12-20(28-4)13-11-19/h8-13,15,18H,6-7,14H2,1-5H3,(H,23,25). The molecule has 0 spiro atoms. The van der Waals surface area contributed by atoms with E-state index in [1.807, 2.05) is 50.2 Å². The second kappa shape index (κ2) is 9.78. The van der Waals surface area contributed by atoms with Gasteiger partial charge in [-0.05, 0) is 68.5 Å². The molecule has 0 aliphatic rings. The number of hydrogen-bond acceptors (Lipinski definition) is 4. The van der Waals surface area contributed by atoms with Crippen molar-refractivity contribution in [2.45, 2.75) is 39.7 Å². The fourth-order valence-electron chi connectivity index (χ4n) is 3.18. The molecule has 0 fully saturated rings. The van der Waals surface area contributed by atoms with E-state index < -0.39 is 16.1 Å². The Hall–Kier alpha value is -2.54. The first-order valence-electron chi connectivity index (χ1n) is 9.60. The van der Waals surface area contributed by atoms with Gasteiger partial charge in [-0.2, -0.15) is 0 Å². The summed E-state index contributed by atoms with van der Waals surface area (Å²) in [5.41, 5.74) is 3.43. The number of benzene rings is 2. The van der Waals surface area contributed by atoms with Crippen LogP contribution in [0.15, 0.2) is 42.5 Å². The van der Waals surface area contributed by atoms with Crippen LogP contribution in [0.1, 0.15) is 30.0 Å². The summed E-state index contributed by atoms with van der Waals surface area (Å²) in [7, 11) is -1.99. The first-order chi connectivity index (χ1) is 13.6. The summed E-state index contributed by atoms with van der Waals surface area (Å²) in [6, 6.07) is 12.5. The Morgan fingerprint density at radius 1 is 1.14 bits per heavy atom. The van der Waals surface area contributed by atoms with Crippen molar-refractivity contribution >= 4 is 21.6 Å². The Labute approximate surface area is 173 Å². The number of aryl methyl sites for hydroxylation is 3. The zero-order valence-corrected chi connectivity index (χ0v) is 18.5. The number of nitrogens with one attached hydrogen (secondary N) is 1. The van der Waals surface area contributed by atoms with Gasteiger partial charge >= 0.3 is 0 Å². The van der Waals surface area contributed by atoms with E-state index in [4.69, 9.17) is 4.74 Å². The molecule has 1 N–H and O–H groups in total. The van der Waals surface area contributed by atoms with Gasteiger partial charge in [0.25, 0.3) is 0 Å². The van der Waals surface area contributed by atoms with E-state index >= 15 is 0 Å². The van der Waals surface area contributed by atoms with Gasteiger partial charge in [0.1, 0.15) is 11.8 Å². The average molecular weight is 419 g/mol. The Morgan fingerprint density at radius 3 is 2.38 bits per heavy atom. The summed E-state index contributed by atoms with van der Waals surface area (Å²) < 4.78 is 31.2. The van der Waals surface area contributed by atoms with E-state index in [1.165, 1.54) is 4.31 Å². The fourth-order valence-corrected chi connectivity index (χ4v) is 4.41. The number of rotatable bonds is 9. The SMILES string of the molecule is COc1ccc(CCCNC(=O)C(C)N(c2cc(C)ccc2C)S(C)(=O)=O)cc1. The van der Waals surface area contributed by atoms with E-state index in [0.717, 1.165) is 41.5 Å². The quantitative estimate of drug-likeness (QED) is 0.635. The lowest BCUT2D eigenvalue weighted by atomic mass is 10.1. The molecule has 2 rings (SSSR count). The Morgan fingerprint density at radius 2 is 1.79 bits per heavy atom. The van der Waals surface area contributed by atoms with Gasteiger partial charge in [0, 0.05) is 6.54 Å². The third kappa shape index (κ3) is 6.22. The molecule has 1 unspecified atom stereocenters. The van der Waals surface area contributed by atoms with Crippen LogP contribution in [0.4, 0.5) is 5.69 Å². The van der Waals surface area contributed by atoms with Crippen LogP contribution in [0.2, 0.25) is 0 Å². The van der Waals surface area contributed by atoms with Gasteiger partial charge in [0.05, 0.1) is 19.1 Å². The Kier molecular flexibility index (Phi) is 7.67. The number of amides is 1. The molecule has 0 aromatic heterocycles. The second-order valence-electron chi connectivity index (χ2n) is 7.27. The highest BCUT2D eigenvalue weighted by atomic mass is 32.2. The van der Waals surface area contributed by atoms with Crippen molar-refractivity contribution in [1.29, 1.82) is 0 Å². The molecule has 7 heteroatoms. The molecule has 0 bridgehead atoms. The molecule has 1 amide bonds. The zero-order chi connectivity index (χ0) is 21.6. The molecule has 29 heavy (non-hydrogen) atoms. The van der Waals surface area contributed by atoms with Crippen LogP contribution in [0.3, 0.4) is 0 Å². The minimum atomic E-state index is -3.62. The normalized spacial score (nSPS) is 12.3. The van der Waals surface area contributed by atoms with Crippen molar-refractivity contribution in [1.82, 2.24) is 5.32 Å². The molecule has 0 saturated carbocycles. The van der Waals surface area contributed by atoms with Gasteiger partial charge in [0.15, 0.2) is 0 Å². The topological polar surface area (TPSA) is 75.7 Å². The molecule has 1 atom stereocenters. The molecule has 0 aliphatic carbocycles. The van der Waals surface area contributed by atoms with Gasteiger partial charge in [-0.1, -0.05) is 24.3 Å². The molecule has 2 aromatic carbocycles. The molecule has 0 saturated heterocycles. The summed E-state index contributed by atoms with van der Waals surface area (Å²) >= 11 is 0. The van der Waals surface area contributed by atoms with Crippen molar-refractivity contribution in [2.24, 2.45) is 0 Å². The van der Waals surface area contributed by atoms with Crippen molar-refractivity contribution in [3.8, 4) is 5.75 Å². The molecule has 158 valence electrons. The highest BCUT2D eigenvalue weighted by Crippen LogP contribution is 2.26. The van der Waals surface area contributed by atoms with E-state index in [2.05, 4.69) is 5.32 Å². The van der Waals surface area contributed by atoms with Crippen LogP contribution < -0.4 is 14.4 Å². The minimum absolute atomic E-state index is 0.314. The third-order valence-electron chi connectivity index (χ3n) is 4.79. The lowest BCUT2D eigenvalue weighted by Gasteiger charge is -2.29. The lowest BCUT2D eigenvalue weighted by molar-refractivity contribution is -0.121. The number of nitrogens with zero attached hydrogens (tertiary/aromatic N) is 1. The number of ether oxygens (including phenoxy) is 1. The monoisotopic (exact) mass is 418 g/mol. The average Bonchev–Trinajstić information content (AvgIpc) is 2.67. The van der Waals surface area contributed by atoms with Gasteiger partial charge in [-0.25, -0.2) is 8.42 Å². The van der Waals surface area contributed by atoms with Crippen molar-refractivity contribution < 1.29 is 17.9 Å². The number of carbonyl (C=O) groups excluding carboxylic acids is 1. The number of carbonyl (C=O) groups is 1. The maximum absolute atomic E-state index is 12.7. The largest absolute Gasteiger partial charge is 0.497 e. The summed E-state index contributed by atoms with van der Waals surface area (Å²) in [5.74, 6) is 0.495. The summed E-state index contributed by atoms with van der Waals surface area (Å²) in [6.45, 7) is 5.82. The molecular weight excluding hydrogens is 388 g/mol. The van der Waals surface area contributed by atoms with Gasteiger partial charge in [-0.3, -0.25) is 9.10 Å². The fraction of sp³-hybridized carbons (Fsp3) is 0.409. The van der Waals surface area contributed by atoms with Crippen molar-refractivity contribution in [3.05, 3.63) is 59.2 Å². The van der Waals surface area contributed by atoms with Crippen LogP contribution in [-0.4, -0.2) is 40.3 Å². The molecule has 0 heterocycles. The lowest BCUT2D eigenvalue weighted by Crippen LogP contribution is -2.48. The van der Waals surface area contributed by atoms with Gasteiger partial charge in [-0.15, -0.1) is 0 Å². The van der Waals surface area contributed by atoms with Gasteiger partial charge < -0.3 is 10.1 Å². The van der Waals surface area contributed by atoms with Gasteiger partial charge in [0.2, 0.25) is 15.9 Å². The van der Waals surface area contributed by atoms with E-state index in [0.29, 0.717) is 12.2 Å². The van der Waals surface area contributed by atoms with E-state index in [-0.39, 0.29) is 5.91 Å². The van der Waals surface area contributed by atoms with E-state index in [9.17, 15) is 13.2 Å². The maximum atomic E-state index is 12.7. The van der Waals surface area contributed by atoms with Crippen LogP contribution in [0, 0.1) is 13.8 Å². The predicted octanol–water partition coefficient (Wildman–Crippen LogP) is 3.22. The van der Waals surface area contributed by atoms with Crippen molar-refractivity contribution in [3.63, 3.8) is 0 Å². The molecule has 2 aromatic rings. The molecule has 0 radical (unpaired) electrons. The Bertz CT molecular complexity index is 940. The summed E-state index contributed by atoms with van der Waals surface area (Å²) in [5, 5.41) is 2.86. The minimum Gasteiger partial charge on any atom is -0.497 e. The van der Waals surface area contributed by atoms with Crippen LogP contribution in [-0.2, 0) is 21.2 Å². The highest BCUT2D eigenvalue weighted by molar-refractivity contribution is 7.92. The number of methoxy groups -OCH3 is 1. The first-order valence-corrected chi connectivity index (χ1v) is 11.5. The molecular formula is C22H30N2O4S. The number of sulfonamides is 1. The third-order valence-corrected chi connectivity index (χ3v) is 6.02. The Balaban J connectivity index is 2.01. The maximum Gasteiger partial charge on any atom is 0.243 e. The first kappa shape index (κ1) is 22.7. The smallest absolute Gasteiger partial charge is 0.243 e. The predicted molar refractivity (Wildman–Crippen MR) is 117 cm³/mol. The van der Waals surface area contributed by atoms with Crippen molar-refractivity contribution in [2.75, 3.05) is 24.2 Å². The van der Waals surface area contributed by atoms with E-state index in [1.54, 1.807) is 20.1 Å². The second-order valence-corrected chi connectivity index (χ2v) is 9.13. The number of hydrogen-bond donors (Lipinski definition) is 1. The summed E-state index contributed by atoms with van der Waals surface area (Å²) in [4.78, 5) is 12.7. The highest BCUT2D eigenvalue weighted by Gasteiger charge is 2.29. The number of anilines is 1. The summed E-state index contributed by atoms with van der Waals surface area (Å²) in [6.07, 6.45) is 2.70. The zero-order valence-electron chi connectivity index (χ0n) is 17.7. The molecule has 0 aliphatic heterocycles. The molecule has 6 nitrogen and oxygen atoms in total. The van der Waals surface area contributed by atoms with Crippen LogP contribution in [0.25, 0.3) is 0 Å². The van der Waals surface area contributed by atoms with Crippen LogP contribution in [0.5, 0.6) is 5.75 Å². The van der Waals surface area contributed by atoms with Crippen LogP contribution >= 0.6 is 0 Å².